The monoisotopic (exact) mass is 382 g/mol. The number of aromatic amines is 1. The Morgan fingerprint density at radius 3 is 2.57 bits per heavy atom. The molecular formula is C22H30N4O2. The van der Waals surface area contributed by atoms with Crippen molar-refractivity contribution in [2.75, 3.05) is 13.1 Å². The van der Waals surface area contributed by atoms with Crippen LogP contribution >= 0.6 is 0 Å². The SMILES string of the molecule is Cc1ccc(C(=O)N2CCC(CCn3c(C)cnc3C3CCC3)CC2)c(=O)[nH]1. The van der Waals surface area contributed by atoms with E-state index in [0.29, 0.717) is 11.8 Å². The molecule has 2 fully saturated rings. The van der Waals surface area contributed by atoms with E-state index in [1.54, 1.807) is 12.1 Å². The zero-order chi connectivity index (χ0) is 19.7. The van der Waals surface area contributed by atoms with Crippen molar-refractivity contribution in [1.29, 1.82) is 0 Å². The van der Waals surface area contributed by atoms with Crippen LogP contribution in [0.4, 0.5) is 0 Å². The van der Waals surface area contributed by atoms with Gasteiger partial charge >= 0.3 is 0 Å². The number of carbonyl (C=O) groups is 1. The summed E-state index contributed by atoms with van der Waals surface area (Å²) in [5.74, 6) is 2.41. The first kappa shape index (κ1) is 19.0. The number of carbonyl (C=O) groups excluding carboxylic acids is 1. The van der Waals surface area contributed by atoms with Crippen molar-refractivity contribution in [2.24, 2.45) is 5.92 Å². The first-order chi connectivity index (χ1) is 13.5. The highest BCUT2D eigenvalue weighted by molar-refractivity contribution is 5.93. The van der Waals surface area contributed by atoms with Gasteiger partial charge in [0.05, 0.1) is 0 Å². The van der Waals surface area contributed by atoms with Crippen LogP contribution in [-0.4, -0.2) is 38.4 Å². The van der Waals surface area contributed by atoms with Crippen molar-refractivity contribution >= 4 is 5.91 Å². The van der Waals surface area contributed by atoms with Gasteiger partial charge in [0.1, 0.15) is 11.4 Å². The van der Waals surface area contributed by atoms with Crippen molar-refractivity contribution in [1.82, 2.24) is 19.4 Å². The van der Waals surface area contributed by atoms with Crippen LogP contribution in [0.1, 0.15) is 72.0 Å². The molecule has 4 rings (SSSR count). The summed E-state index contributed by atoms with van der Waals surface area (Å²) in [6.45, 7) is 6.45. The highest BCUT2D eigenvalue weighted by Gasteiger charge is 2.27. The van der Waals surface area contributed by atoms with Crippen molar-refractivity contribution in [2.45, 2.75) is 64.8 Å². The molecule has 1 saturated heterocycles. The second-order valence-corrected chi connectivity index (χ2v) is 8.45. The molecule has 3 heterocycles. The Kier molecular flexibility index (Phi) is 5.38. The first-order valence-electron chi connectivity index (χ1n) is 10.5. The quantitative estimate of drug-likeness (QED) is 0.861. The number of piperidine rings is 1. The number of aromatic nitrogens is 3. The molecule has 6 heteroatoms. The van der Waals surface area contributed by atoms with Gasteiger partial charge in [-0.25, -0.2) is 4.98 Å². The molecule has 2 aromatic rings. The summed E-state index contributed by atoms with van der Waals surface area (Å²) in [4.78, 5) is 34.0. The molecule has 1 saturated carbocycles. The molecular weight excluding hydrogens is 352 g/mol. The molecule has 28 heavy (non-hydrogen) atoms. The largest absolute Gasteiger partial charge is 0.338 e. The van der Waals surface area contributed by atoms with Gasteiger partial charge in [-0.3, -0.25) is 9.59 Å². The molecule has 1 aliphatic heterocycles. The fraction of sp³-hybridized carbons (Fsp3) is 0.591. The number of hydrogen-bond acceptors (Lipinski definition) is 3. The number of amides is 1. The third-order valence-corrected chi connectivity index (χ3v) is 6.50. The second-order valence-electron chi connectivity index (χ2n) is 8.45. The van der Waals surface area contributed by atoms with Crippen molar-refractivity contribution in [3.8, 4) is 0 Å². The average molecular weight is 383 g/mol. The lowest BCUT2D eigenvalue weighted by molar-refractivity contribution is 0.0683. The normalized spacial score (nSPS) is 18.3. The minimum absolute atomic E-state index is 0.141. The van der Waals surface area contributed by atoms with Gasteiger partial charge in [-0.2, -0.15) is 0 Å². The molecule has 2 aromatic heterocycles. The topological polar surface area (TPSA) is 71.0 Å². The smallest absolute Gasteiger partial charge is 0.260 e. The third kappa shape index (κ3) is 3.77. The molecule has 2 aliphatic rings. The summed E-state index contributed by atoms with van der Waals surface area (Å²) in [5.41, 5.74) is 2.00. The number of H-pyrrole nitrogens is 1. The molecule has 0 spiro atoms. The summed E-state index contributed by atoms with van der Waals surface area (Å²) in [6.07, 6.45) is 9.01. The lowest BCUT2D eigenvalue weighted by Crippen LogP contribution is -2.40. The Morgan fingerprint density at radius 1 is 1.18 bits per heavy atom. The standard InChI is InChI=1S/C22H30N4O2/c1-15-6-7-19(21(27)24-15)22(28)25-11-8-17(9-12-25)10-13-26-16(2)14-23-20(26)18-4-3-5-18/h6-7,14,17-18H,3-5,8-13H2,1-2H3,(H,24,27). The highest BCUT2D eigenvalue weighted by atomic mass is 16.2. The van der Waals surface area contributed by atoms with Crippen LogP contribution < -0.4 is 5.56 Å². The molecule has 1 N–H and O–H groups in total. The summed E-state index contributed by atoms with van der Waals surface area (Å²) in [6, 6.07) is 3.43. The molecule has 0 bridgehead atoms. The zero-order valence-electron chi connectivity index (χ0n) is 16.9. The number of imidazole rings is 1. The van der Waals surface area contributed by atoms with Gasteiger partial charge < -0.3 is 14.5 Å². The van der Waals surface area contributed by atoms with E-state index in [1.165, 1.54) is 30.8 Å². The van der Waals surface area contributed by atoms with Gasteiger partial charge in [-0.05, 0) is 64.0 Å². The van der Waals surface area contributed by atoms with Crippen LogP contribution in [0.25, 0.3) is 0 Å². The number of aryl methyl sites for hydroxylation is 2. The lowest BCUT2D eigenvalue weighted by atomic mass is 9.84. The molecule has 6 nitrogen and oxygen atoms in total. The van der Waals surface area contributed by atoms with Crippen LogP contribution in [-0.2, 0) is 6.54 Å². The highest BCUT2D eigenvalue weighted by Crippen LogP contribution is 2.36. The maximum absolute atomic E-state index is 12.7. The maximum Gasteiger partial charge on any atom is 0.260 e. The molecule has 0 aromatic carbocycles. The molecule has 0 atom stereocenters. The first-order valence-corrected chi connectivity index (χ1v) is 10.5. The number of likely N-dealkylation sites (tertiary alicyclic amines) is 1. The maximum atomic E-state index is 12.7. The molecule has 1 aliphatic carbocycles. The summed E-state index contributed by atoms with van der Waals surface area (Å²) in [5, 5.41) is 0. The van der Waals surface area contributed by atoms with Gasteiger partial charge in [0.15, 0.2) is 0 Å². The molecule has 0 radical (unpaired) electrons. The van der Waals surface area contributed by atoms with Gasteiger partial charge in [0.2, 0.25) is 0 Å². The van der Waals surface area contributed by atoms with Crippen molar-refractivity contribution < 1.29 is 4.79 Å². The van der Waals surface area contributed by atoms with Gasteiger partial charge in [-0.15, -0.1) is 0 Å². The summed E-state index contributed by atoms with van der Waals surface area (Å²) < 4.78 is 2.41. The minimum Gasteiger partial charge on any atom is -0.338 e. The zero-order valence-corrected chi connectivity index (χ0v) is 16.9. The fourth-order valence-corrected chi connectivity index (χ4v) is 4.41. The second kappa shape index (κ2) is 7.94. The average Bonchev–Trinajstić information content (AvgIpc) is 2.99. The van der Waals surface area contributed by atoms with Crippen LogP contribution in [0.5, 0.6) is 0 Å². The van der Waals surface area contributed by atoms with Crippen LogP contribution in [0.2, 0.25) is 0 Å². The minimum atomic E-state index is -0.286. The predicted octanol–water partition coefficient (Wildman–Crippen LogP) is 3.40. The van der Waals surface area contributed by atoms with E-state index in [-0.39, 0.29) is 17.0 Å². The third-order valence-electron chi connectivity index (χ3n) is 6.50. The van der Waals surface area contributed by atoms with Crippen LogP contribution in [0.15, 0.2) is 23.1 Å². The predicted molar refractivity (Wildman–Crippen MR) is 109 cm³/mol. The summed E-state index contributed by atoms with van der Waals surface area (Å²) in [7, 11) is 0. The van der Waals surface area contributed by atoms with Gasteiger partial charge in [0, 0.05) is 43.1 Å². The van der Waals surface area contributed by atoms with E-state index in [1.807, 2.05) is 18.0 Å². The Morgan fingerprint density at radius 2 is 1.93 bits per heavy atom. The van der Waals surface area contributed by atoms with Gasteiger partial charge in [0.25, 0.3) is 11.5 Å². The Bertz CT molecular complexity index is 902. The van der Waals surface area contributed by atoms with E-state index < -0.39 is 0 Å². The van der Waals surface area contributed by atoms with Crippen molar-refractivity contribution in [3.63, 3.8) is 0 Å². The lowest BCUT2D eigenvalue weighted by Gasteiger charge is -2.32. The van der Waals surface area contributed by atoms with Crippen LogP contribution in [0.3, 0.4) is 0 Å². The van der Waals surface area contributed by atoms with Gasteiger partial charge in [-0.1, -0.05) is 6.42 Å². The van der Waals surface area contributed by atoms with E-state index in [4.69, 9.17) is 0 Å². The van der Waals surface area contributed by atoms with E-state index in [0.717, 1.165) is 44.6 Å². The number of hydrogen-bond donors (Lipinski definition) is 1. The number of nitrogens with zero attached hydrogens (tertiary/aromatic N) is 3. The fourth-order valence-electron chi connectivity index (χ4n) is 4.41. The Hall–Kier alpha value is -2.37. The molecule has 0 unspecified atom stereocenters. The van der Waals surface area contributed by atoms with Crippen LogP contribution in [0, 0.1) is 19.8 Å². The Balaban J connectivity index is 1.32. The van der Waals surface area contributed by atoms with E-state index >= 15 is 0 Å². The molecule has 150 valence electrons. The number of pyridine rings is 1. The van der Waals surface area contributed by atoms with E-state index in [9.17, 15) is 9.59 Å². The molecule has 1 amide bonds. The summed E-state index contributed by atoms with van der Waals surface area (Å²) >= 11 is 0. The Labute approximate surface area is 166 Å². The van der Waals surface area contributed by atoms with Crippen molar-refractivity contribution in [3.05, 3.63) is 51.5 Å². The number of nitrogens with one attached hydrogen (secondary N) is 1. The number of rotatable bonds is 5. The van der Waals surface area contributed by atoms with E-state index in [2.05, 4.69) is 21.5 Å².